The number of phenolic OH excluding ortho intramolecular Hbond substituents is 1. The van der Waals surface area contributed by atoms with Crippen molar-refractivity contribution in [3.8, 4) is 5.75 Å². The molecule has 3 rings (SSSR count). The summed E-state index contributed by atoms with van der Waals surface area (Å²) in [5.74, 6) is -0.0573. The van der Waals surface area contributed by atoms with E-state index in [2.05, 4.69) is 10.3 Å². The van der Waals surface area contributed by atoms with Gasteiger partial charge in [0.1, 0.15) is 5.75 Å². The molecular weight excluding hydrogens is 324 g/mol. The highest BCUT2D eigenvalue weighted by Gasteiger charge is 2.21. The topological polar surface area (TPSA) is 62.2 Å². The maximum Gasteiger partial charge on any atom is 0.221 e. The molecule has 0 aliphatic rings. The van der Waals surface area contributed by atoms with Gasteiger partial charge < -0.3 is 10.4 Å². The van der Waals surface area contributed by atoms with Crippen LogP contribution in [-0.4, -0.2) is 16.0 Å². The number of carbonyl (C=O) groups excluding carboxylic acids is 1. The Hall–Kier alpha value is -3.14. The summed E-state index contributed by atoms with van der Waals surface area (Å²) in [6, 6.07) is 19.1. The molecule has 1 aromatic heterocycles. The smallest absolute Gasteiger partial charge is 0.221 e. The Bertz CT molecular complexity index is 864. The van der Waals surface area contributed by atoms with Crippen LogP contribution in [0.4, 0.5) is 0 Å². The first kappa shape index (κ1) is 17.7. The van der Waals surface area contributed by atoms with E-state index in [1.807, 2.05) is 61.5 Å². The van der Waals surface area contributed by atoms with Crippen LogP contribution < -0.4 is 5.32 Å². The second kappa shape index (κ2) is 8.30. The second-order valence-electron chi connectivity index (χ2n) is 6.37. The fraction of sp³-hybridized carbons (Fsp3) is 0.182. The van der Waals surface area contributed by atoms with E-state index in [9.17, 15) is 9.90 Å². The van der Waals surface area contributed by atoms with Gasteiger partial charge in [-0.1, -0.05) is 54.1 Å². The van der Waals surface area contributed by atoms with E-state index in [1.54, 1.807) is 18.5 Å². The SMILES string of the molecule is Cc1ccc(O)c([C@@H](CC(=O)NCc2cccnc2)c2ccccc2)c1. The molecule has 0 fully saturated rings. The predicted octanol–water partition coefficient (Wildman–Crippen LogP) is 3.93. The highest BCUT2D eigenvalue weighted by atomic mass is 16.3. The van der Waals surface area contributed by atoms with Crippen LogP contribution in [0.1, 0.15) is 34.6 Å². The molecule has 3 aromatic rings. The van der Waals surface area contributed by atoms with Crippen LogP contribution in [0, 0.1) is 6.92 Å². The van der Waals surface area contributed by atoms with Crippen LogP contribution in [0.5, 0.6) is 5.75 Å². The minimum absolute atomic E-state index is 0.0661. The average molecular weight is 346 g/mol. The number of rotatable bonds is 6. The highest BCUT2D eigenvalue weighted by Crippen LogP contribution is 2.34. The van der Waals surface area contributed by atoms with Crippen LogP contribution in [0.3, 0.4) is 0 Å². The highest BCUT2D eigenvalue weighted by molar-refractivity contribution is 5.77. The number of hydrogen-bond donors (Lipinski definition) is 2. The summed E-state index contributed by atoms with van der Waals surface area (Å²) in [5.41, 5.74) is 3.78. The van der Waals surface area contributed by atoms with E-state index < -0.39 is 0 Å². The molecule has 1 atom stereocenters. The Morgan fingerprint density at radius 3 is 2.65 bits per heavy atom. The molecule has 2 N–H and O–H groups in total. The third kappa shape index (κ3) is 4.48. The third-order valence-corrected chi connectivity index (χ3v) is 4.36. The molecule has 0 aliphatic carbocycles. The number of aryl methyl sites for hydroxylation is 1. The van der Waals surface area contributed by atoms with Crippen LogP contribution >= 0.6 is 0 Å². The number of nitrogens with zero attached hydrogens (tertiary/aromatic N) is 1. The molecule has 0 bridgehead atoms. The maximum atomic E-state index is 12.6. The van der Waals surface area contributed by atoms with E-state index in [1.165, 1.54) is 0 Å². The van der Waals surface area contributed by atoms with Crippen molar-refractivity contribution < 1.29 is 9.90 Å². The lowest BCUT2D eigenvalue weighted by Crippen LogP contribution is -2.25. The van der Waals surface area contributed by atoms with E-state index >= 15 is 0 Å². The number of benzene rings is 2. The number of carbonyl (C=O) groups is 1. The van der Waals surface area contributed by atoms with E-state index in [4.69, 9.17) is 0 Å². The molecule has 1 heterocycles. The zero-order valence-electron chi connectivity index (χ0n) is 14.7. The Balaban J connectivity index is 1.80. The number of aromatic hydroxyl groups is 1. The lowest BCUT2D eigenvalue weighted by molar-refractivity contribution is -0.121. The molecule has 4 nitrogen and oxygen atoms in total. The summed E-state index contributed by atoms with van der Waals surface area (Å²) in [5, 5.41) is 13.3. The quantitative estimate of drug-likeness (QED) is 0.711. The van der Waals surface area contributed by atoms with E-state index in [0.29, 0.717) is 6.54 Å². The Morgan fingerprint density at radius 2 is 1.92 bits per heavy atom. The van der Waals surface area contributed by atoms with E-state index in [-0.39, 0.29) is 24.0 Å². The van der Waals surface area contributed by atoms with Crippen LogP contribution in [0.2, 0.25) is 0 Å². The number of phenols is 1. The molecule has 132 valence electrons. The summed E-state index contributed by atoms with van der Waals surface area (Å²) in [7, 11) is 0. The Kier molecular flexibility index (Phi) is 5.64. The molecule has 0 aliphatic heterocycles. The van der Waals surface area contributed by atoms with Gasteiger partial charge in [0.15, 0.2) is 0 Å². The van der Waals surface area contributed by atoms with Crippen molar-refractivity contribution in [3.05, 3.63) is 95.3 Å². The summed E-state index contributed by atoms with van der Waals surface area (Å²) >= 11 is 0. The van der Waals surface area contributed by atoms with Crippen molar-refractivity contribution in [1.82, 2.24) is 10.3 Å². The van der Waals surface area contributed by atoms with E-state index in [0.717, 1.165) is 22.3 Å². The van der Waals surface area contributed by atoms with Crippen molar-refractivity contribution in [3.63, 3.8) is 0 Å². The van der Waals surface area contributed by atoms with Gasteiger partial charge in [-0.05, 0) is 30.2 Å². The molecule has 0 saturated carbocycles. The predicted molar refractivity (Wildman–Crippen MR) is 102 cm³/mol. The van der Waals surface area contributed by atoms with Crippen molar-refractivity contribution in [1.29, 1.82) is 0 Å². The number of aromatic nitrogens is 1. The lowest BCUT2D eigenvalue weighted by Gasteiger charge is -2.19. The van der Waals surface area contributed by atoms with Crippen molar-refractivity contribution in [2.75, 3.05) is 0 Å². The van der Waals surface area contributed by atoms with Crippen LogP contribution in [0.15, 0.2) is 73.1 Å². The molecule has 4 heteroatoms. The van der Waals surface area contributed by atoms with Crippen LogP contribution in [0.25, 0.3) is 0 Å². The molecule has 2 aromatic carbocycles. The summed E-state index contributed by atoms with van der Waals surface area (Å²) in [6.07, 6.45) is 3.71. The molecule has 0 radical (unpaired) electrons. The van der Waals surface area contributed by atoms with Gasteiger partial charge in [0, 0.05) is 36.8 Å². The van der Waals surface area contributed by atoms with Gasteiger partial charge >= 0.3 is 0 Å². The van der Waals surface area contributed by atoms with Gasteiger partial charge in [0.25, 0.3) is 0 Å². The second-order valence-corrected chi connectivity index (χ2v) is 6.37. The molecule has 0 saturated heterocycles. The Labute approximate surface area is 153 Å². The van der Waals surface area contributed by atoms with Gasteiger partial charge in [0.05, 0.1) is 0 Å². The fourth-order valence-corrected chi connectivity index (χ4v) is 3.01. The third-order valence-electron chi connectivity index (χ3n) is 4.36. The van der Waals surface area contributed by atoms with Crippen molar-refractivity contribution >= 4 is 5.91 Å². The first-order valence-electron chi connectivity index (χ1n) is 8.63. The van der Waals surface area contributed by atoms with Gasteiger partial charge in [-0.15, -0.1) is 0 Å². The summed E-state index contributed by atoms with van der Waals surface area (Å²) in [6.45, 7) is 2.42. The molecule has 26 heavy (non-hydrogen) atoms. The van der Waals surface area contributed by atoms with Gasteiger partial charge in [0.2, 0.25) is 5.91 Å². The van der Waals surface area contributed by atoms with Gasteiger partial charge in [-0.3, -0.25) is 9.78 Å². The Morgan fingerprint density at radius 1 is 1.12 bits per heavy atom. The number of nitrogens with one attached hydrogen (secondary N) is 1. The lowest BCUT2D eigenvalue weighted by atomic mass is 9.87. The maximum absolute atomic E-state index is 12.6. The minimum Gasteiger partial charge on any atom is -0.508 e. The molecule has 0 spiro atoms. The van der Waals surface area contributed by atoms with Crippen molar-refractivity contribution in [2.24, 2.45) is 0 Å². The number of pyridine rings is 1. The van der Waals surface area contributed by atoms with Gasteiger partial charge in [-0.2, -0.15) is 0 Å². The fourth-order valence-electron chi connectivity index (χ4n) is 3.01. The number of hydrogen-bond acceptors (Lipinski definition) is 3. The monoisotopic (exact) mass is 346 g/mol. The molecule has 0 unspecified atom stereocenters. The normalized spacial score (nSPS) is 11.7. The number of amides is 1. The average Bonchev–Trinajstić information content (AvgIpc) is 2.68. The minimum atomic E-state index is -0.204. The van der Waals surface area contributed by atoms with Gasteiger partial charge in [-0.25, -0.2) is 0 Å². The van der Waals surface area contributed by atoms with Crippen LogP contribution in [-0.2, 0) is 11.3 Å². The largest absolute Gasteiger partial charge is 0.508 e. The standard InChI is InChI=1S/C22H22N2O2/c1-16-9-10-21(25)20(12-16)19(18-7-3-2-4-8-18)13-22(26)24-15-17-6-5-11-23-14-17/h2-12,14,19,25H,13,15H2,1H3,(H,24,26)/t19-/m0/s1. The molecular formula is C22H22N2O2. The van der Waals surface area contributed by atoms with Crippen molar-refractivity contribution in [2.45, 2.75) is 25.8 Å². The molecule has 1 amide bonds. The summed E-state index contributed by atoms with van der Waals surface area (Å²) in [4.78, 5) is 16.6. The zero-order valence-corrected chi connectivity index (χ0v) is 14.7. The summed E-state index contributed by atoms with van der Waals surface area (Å²) < 4.78 is 0. The first-order chi connectivity index (χ1) is 12.6. The zero-order chi connectivity index (χ0) is 18.4. The first-order valence-corrected chi connectivity index (χ1v) is 8.63.